The van der Waals surface area contributed by atoms with E-state index in [0.717, 1.165) is 48.0 Å². The lowest BCUT2D eigenvalue weighted by Crippen LogP contribution is -2.06. The first-order valence-corrected chi connectivity index (χ1v) is 7.29. The van der Waals surface area contributed by atoms with Gasteiger partial charge in [-0.15, -0.1) is 0 Å². The Morgan fingerprint density at radius 3 is 2.40 bits per heavy atom. The maximum atomic E-state index is 6.26. The van der Waals surface area contributed by atoms with Gasteiger partial charge in [-0.3, -0.25) is 0 Å². The van der Waals surface area contributed by atoms with Gasteiger partial charge in [-0.25, -0.2) is 4.98 Å². The molecule has 0 radical (unpaired) electrons. The van der Waals surface area contributed by atoms with E-state index in [4.69, 9.17) is 10.5 Å². The number of ether oxygens (including phenoxy) is 1. The lowest BCUT2D eigenvalue weighted by atomic mass is 10.1. The van der Waals surface area contributed by atoms with Crippen molar-refractivity contribution in [2.45, 2.75) is 40.2 Å². The molecule has 0 spiro atoms. The average Bonchev–Trinajstić information content (AvgIpc) is 2.78. The monoisotopic (exact) mass is 273 g/mol. The van der Waals surface area contributed by atoms with Crippen LogP contribution in [0.1, 0.15) is 33.0 Å². The molecule has 0 saturated carbocycles. The molecular weight excluding hydrogens is 250 g/mol. The number of anilines is 1. The second kappa shape index (κ2) is 6.46. The number of nitrogens with two attached hydrogens (primary N) is 1. The summed E-state index contributed by atoms with van der Waals surface area (Å²) in [6, 6.07) is 7.95. The van der Waals surface area contributed by atoms with Crippen molar-refractivity contribution in [2.75, 3.05) is 12.3 Å². The van der Waals surface area contributed by atoms with E-state index >= 15 is 0 Å². The molecule has 0 bridgehead atoms. The minimum atomic E-state index is 0.673. The molecular formula is C16H23N3O. The molecule has 2 rings (SSSR count). The van der Waals surface area contributed by atoms with Crippen LogP contribution < -0.4 is 10.5 Å². The van der Waals surface area contributed by atoms with Crippen molar-refractivity contribution >= 4 is 5.82 Å². The van der Waals surface area contributed by atoms with E-state index in [1.807, 2.05) is 31.2 Å². The molecule has 2 N–H and O–H groups in total. The minimum Gasteiger partial charge on any atom is -0.494 e. The Morgan fingerprint density at radius 1 is 1.15 bits per heavy atom. The summed E-state index contributed by atoms with van der Waals surface area (Å²) in [7, 11) is 0. The van der Waals surface area contributed by atoms with Crippen molar-refractivity contribution in [3.8, 4) is 17.0 Å². The van der Waals surface area contributed by atoms with Gasteiger partial charge in [0.05, 0.1) is 6.61 Å². The van der Waals surface area contributed by atoms with Crippen LogP contribution in [0.5, 0.6) is 5.75 Å². The molecule has 0 aliphatic rings. The summed E-state index contributed by atoms with van der Waals surface area (Å²) in [5.74, 6) is 2.68. The molecule has 0 saturated heterocycles. The standard InChI is InChI=1S/C16H23N3O/c1-4-11-19-14(5-2)18-15(16(19)17)12-7-9-13(10-8-12)20-6-3/h7-10H,4-6,11,17H2,1-3H3. The van der Waals surface area contributed by atoms with Crippen LogP contribution in [0.15, 0.2) is 24.3 Å². The number of nitrogen functional groups attached to an aromatic ring is 1. The van der Waals surface area contributed by atoms with Gasteiger partial charge in [-0.1, -0.05) is 13.8 Å². The third-order valence-corrected chi connectivity index (χ3v) is 3.29. The number of hydrogen-bond donors (Lipinski definition) is 1. The van der Waals surface area contributed by atoms with Gasteiger partial charge >= 0.3 is 0 Å². The van der Waals surface area contributed by atoms with Crippen LogP contribution in [-0.2, 0) is 13.0 Å². The lowest BCUT2D eigenvalue weighted by Gasteiger charge is -2.07. The zero-order chi connectivity index (χ0) is 14.5. The normalized spacial score (nSPS) is 10.8. The van der Waals surface area contributed by atoms with Gasteiger partial charge in [0.25, 0.3) is 0 Å². The van der Waals surface area contributed by atoms with Crippen molar-refractivity contribution in [1.29, 1.82) is 0 Å². The van der Waals surface area contributed by atoms with Crippen LogP contribution in [0.3, 0.4) is 0 Å². The highest BCUT2D eigenvalue weighted by Gasteiger charge is 2.14. The Balaban J connectivity index is 2.36. The maximum Gasteiger partial charge on any atom is 0.131 e. The summed E-state index contributed by atoms with van der Waals surface area (Å²) in [6.07, 6.45) is 1.94. The van der Waals surface area contributed by atoms with Gasteiger partial charge in [0, 0.05) is 18.5 Å². The SMILES string of the molecule is CCCn1c(CC)nc(-c2ccc(OCC)cc2)c1N. The summed E-state index contributed by atoms with van der Waals surface area (Å²) < 4.78 is 7.58. The Bertz CT molecular complexity index is 558. The summed E-state index contributed by atoms with van der Waals surface area (Å²) in [6.45, 7) is 7.82. The van der Waals surface area contributed by atoms with Crippen LogP contribution in [0.4, 0.5) is 5.82 Å². The van der Waals surface area contributed by atoms with Gasteiger partial charge in [-0.2, -0.15) is 0 Å². The zero-order valence-corrected chi connectivity index (χ0v) is 12.5. The highest BCUT2D eigenvalue weighted by atomic mass is 16.5. The van der Waals surface area contributed by atoms with Crippen molar-refractivity contribution in [1.82, 2.24) is 9.55 Å². The van der Waals surface area contributed by atoms with E-state index in [2.05, 4.69) is 23.4 Å². The number of aromatic nitrogens is 2. The van der Waals surface area contributed by atoms with Crippen LogP contribution in [0, 0.1) is 0 Å². The van der Waals surface area contributed by atoms with E-state index in [1.54, 1.807) is 0 Å². The fourth-order valence-electron chi connectivity index (χ4n) is 2.34. The highest BCUT2D eigenvalue weighted by molar-refractivity contribution is 5.71. The first kappa shape index (κ1) is 14.4. The van der Waals surface area contributed by atoms with Gasteiger partial charge in [0.15, 0.2) is 0 Å². The van der Waals surface area contributed by atoms with E-state index in [-0.39, 0.29) is 0 Å². The third-order valence-electron chi connectivity index (χ3n) is 3.29. The maximum absolute atomic E-state index is 6.26. The molecule has 0 unspecified atom stereocenters. The highest BCUT2D eigenvalue weighted by Crippen LogP contribution is 2.28. The molecule has 4 heteroatoms. The predicted molar refractivity (Wildman–Crippen MR) is 82.9 cm³/mol. The molecule has 1 aromatic carbocycles. The number of benzene rings is 1. The first-order chi connectivity index (χ1) is 9.71. The summed E-state index contributed by atoms with van der Waals surface area (Å²) in [4.78, 5) is 4.69. The Hall–Kier alpha value is -1.97. The Morgan fingerprint density at radius 2 is 1.85 bits per heavy atom. The van der Waals surface area contributed by atoms with E-state index in [0.29, 0.717) is 6.61 Å². The zero-order valence-electron chi connectivity index (χ0n) is 12.5. The third kappa shape index (κ3) is 2.79. The molecule has 20 heavy (non-hydrogen) atoms. The molecule has 0 aliphatic heterocycles. The number of hydrogen-bond acceptors (Lipinski definition) is 3. The molecule has 0 aliphatic carbocycles. The van der Waals surface area contributed by atoms with Crippen LogP contribution >= 0.6 is 0 Å². The van der Waals surface area contributed by atoms with Crippen LogP contribution in [0.2, 0.25) is 0 Å². The molecule has 4 nitrogen and oxygen atoms in total. The van der Waals surface area contributed by atoms with Crippen molar-refractivity contribution in [3.63, 3.8) is 0 Å². The van der Waals surface area contributed by atoms with E-state index < -0.39 is 0 Å². The van der Waals surface area contributed by atoms with Crippen molar-refractivity contribution < 1.29 is 4.74 Å². The number of nitrogens with zero attached hydrogens (tertiary/aromatic N) is 2. The number of aryl methyl sites for hydroxylation is 1. The van der Waals surface area contributed by atoms with Crippen molar-refractivity contribution in [2.24, 2.45) is 0 Å². The summed E-state index contributed by atoms with van der Waals surface area (Å²) >= 11 is 0. The molecule has 108 valence electrons. The number of rotatable bonds is 6. The van der Waals surface area contributed by atoms with Crippen molar-refractivity contribution in [3.05, 3.63) is 30.1 Å². The van der Waals surface area contributed by atoms with Gasteiger partial charge in [0.1, 0.15) is 23.1 Å². The second-order valence-corrected chi connectivity index (χ2v) is 4.72. The molecule has 0 atom stereocenters. The lowest BCUT2D eigenvalue weighted by molar-refractivity contribution is 0.340. The molecule has 1 aromatic heterocycles. The molecule has 1 heterocycles. The Labute approximate surface area is 120 Å². The molecule has 0 amide bonds. The van der Waals surface area contributed by atoms with Gasteiger partial charge in [0.2, 0.25) is 0 Å². The average molecular weight is 273 g/mol. The first-order valence-electron chi connectivity index (χ1n) is 7.29. The van der Waals surface area contributed by atoms with Crippen LogP contribution in [0.25, 0.3) is 11.3 Å². The van der Waals surface area contributed by atoms with E-state index in [1.165, 1.54) is 0 Å². The minimum absolute atomic E-state index is 0.673. The van der Waals surface area contributed by atoms with Gasteiger partial charge < -0.3 is 15.0 Å². The fourth-order valence-corrected chi connectivity index (χ4v) is 2.34. The largest absolute Gasteiger partial charge is 0.494 e. The number of imidazole rings is 1. The van der Waals surface area contributed by atoms with Gasteiger partial charge in [-0.05, 0) is 37.6 Å². The molecule has 2 aromatic rings. The Kier molecular flexibility index (Phi) is 4.66. The summed E-state index contributed by atoms with van der Waals surface area (Å²) in [5, 5.41) is 0. The molecule has 0 fully saturated rings. The quantitative estimate of drug-likeness (QED) is 0.876. The predicted octanol–water partition coefficient (Wildman–Crippen LogP) is 3.50. The smallest absolute Gasteiger partial charge is 0.131 e. The summed E-state index contributed by atoms with van der Waals surface area (Å²) in [5.41, 5.74) is 8.17. The second-order valence-electron chi connectivity index (χ2n) is 4.72. The fraction of sp³-hybridized carbons (Fsp3) is 0.438. The van der Waals surface area contributed by atoms with Crippen LogP contribution in [-0.4, -0.2) is 16.2 Å². The van der Waals surface area contributed by atoms with E-state index in [9.17, 15) is 0 Å². The topological polar surface area (TPSA) is 53.1 Å².